The molecule has 5 nitrogen and oxygen atoms in total. The van der Waals surface area contributed by atoms with Crippen LogP contribution in [0.5, 0.6) is 0 Å². The average Bonchev–Trinajstić information content (AvgIpc) is 2.58. The number of rotatable bonds is 2. The zero-order chi connectivity index (χ0) is 12.4. The van der Waals surface area contributed by atoms with E-state index < -0.39 is 0 Å². The smallest absolute Gasteiger partial charge is 0.221 e. The minimum absolute atomic E-state index is 0.106. The Kier molecular flexibility index (Phi) is 2.91. The molecular formula is C12H14N4O. The number of nitrogens with zero attached hydrogens (tertiary/aromatic N) is 3. The molecule has 0 aliphatic heterocycles. The molecule has 5 heteroatoms. The number of carbonyl (C=O) groups is 1. The minimum atomic E-state index is -0.106. The summed E-state index contributed by atoms with van der Waals surface area (Å²) in [5, 5.41) is 7.01. The Balaban J connectivity index is 2.29. The molecule has 0 saturated carbocycles. The van der Waals surface area contributed by atoms with Crippen molar-refractivity contribution in [1.29, 1.82) is 0 Å². The van der Waals surface area contributed by atoms with E-state index in [9.17, 15) is 4.79 Å². The molecule has 0 bridgehead atoms. The summed E-state index contributed by atoms with van der Waals surface area (Å²) in [6, 6.07) is 5.62. The zero-order valence-corrected chi connectivity index (χ0v) is 10.1. The highest BCUT2D eigenvalue weighted by Gasteiger charge is 2.04. The molecule has 0 aromatic carbocycles. The van der Waals surface area contributed by atoms with Gasteiger partial charge >= 0.3 is 0 Å². The van der Waals surface area contributed by atoms with Crippen molar-refractivity contribution in [3.63, 3.8) is 0 Å². The van der Waals surface area contributed by atoms with Gasteiger partial charge in [0.05, 0.1) is 17.6 Å². The number of carbonyl (C=O) groups excluding carboxylic acids is 1. The molecule has 0 aliphatic rings. The first kappa shape index (κ1) is 11.3. The normalized spacial score (nSPS) is 10.3. The monoisotopic (exact) mass is 230 g/mol. The fourth-order valence-electron chi connectivity index (χ4n) is 1.65. The van der Waals surface area contributed by atoms with Gasteiger partial charge in [-0.2, -0.15) is 5.10 Å². The number of hydrogen-bond acceptors (Lipinski definition) is 3. The van der Waals surface area contributed by atoms with Crippen LogP contribution in [-0.4, -0.2) is 20.7 Å². The fourth-order valence-corrected chi connectivity index (χ4v) is 1.65. The van der Waals surface area contributed by atoms with E-state index in [2.05, 4.69) is 15.4 Å². The predicted octanol–water partition coefficient (Wildman–Crippen LogP) is 1.84. The van der Waals surface area contributed by atoms with E-state index in [1.807, 2.05) is 26.0 Å². The van der Waals surface area contributed by atoms with Crippen LogP contribution in [0.25, 0.3) is 5.82 Å². The van der Waals surface area contributed by atoms with Crippen LogP contribution in [-0.2, 0) is 4.79 Å². The summed E-state index contributed by atoms with van der Waals surface area (Å²) in [6.07, 6.45) is 1.62. The molecule has 0 saturated heterocycles. The summed E-state index contributed by atoms with van der Waals surface area (Å²) in [5.41, 5.74) is 2.67. The number of anilines is 1. The van der Waals surface area contributed by atoms with Crippen molar-refractivity contribution in [3.8, 4) is 5.82 Å². The van der Waals surface area contributed by atoms with E-state index in [1.165, 1.54) is 6.92 Å². The molecule has 0 spiro atoms. The van der Waals surface area contributed by atoms with E-state index in [-0.39, 0.29) is 5.91 Å². The molecular weight excluding hydrogens is 216 g/mol. The van der Waals surface area contributed by atoms with Crippen LogP contribution in [0.2, 0.25) is 0 Å². The third-order valence-electron chi connectivity index (χ3n) is 2.29. The van der Waals surface area contributed by atoms with Crippen LogP contribution in [0.4, 0.5) is 5.69 Å². The van der Waals surface area contributed by atoms with Crippen molar-refractivity contribution in [2.24, 2.45) is 0 Å². The Morgan fingerprint density at radius 2 is 2.12 bits per heavy atom. The third kappa shape index (κ3) is 2.50. The number of aryl methyl sites for hydroxylation is 2. The summed E-state index contributed by atoms with van der Waals surface area (Å²) >= 11 is 0. The van der Waals surface area contributed by atoms with E-state index >= 15 is 0 Å². The molecule has 88 valence electrons. The van der Waals surface area contributed by atoms with Gasteiger partial charge in [0.25, 0.3) is 0 Å². The second-order valence-corrected chi connectivity index (χ2v) is 3.93. The highest BCUT2D eigenvalue weighted by atomic mass is 16.1. The molecule has 0 fully saturated rings. The lowest BCUT2D eigenvalue weighted by molar-refractivity contribution is -0.114. The Labute approximate surface area is 99.5 Å². The number of nitrogens with one attached hydrogen (secondary N) is 1. The van der Waals surface area contributed by atoms with Crippen molar-refractivity contribution in [3.05, 3.63) is 35.8 Å². The van der Waals surface area contributed by atoms with Gasteiger partial charge in [-0.05, 0) is 32.0 Å². The molecule has 0 aliphatic carbocycles. The summed E-state index contributed by atoms with van der Waals surface area (Å²) in [4.78, 5) is 15.1. The number of amides is 1. The lowest BCUT2D eigenvalue weighted by Gasteiger charge is -2.05. The number of hydrogen-bond donors (Lipinski definition) is 1. The van der Waals surface area contributed by atoms with Crippen molar-refractivity contribution in [2.75, 3.05) is 5.32 Å². The summed E-state index contributed by atoms with van der Waals surface area (Å²) in [7, 11) is 0. The van der Waals surface area contributed by atoms with Gasteiger partial charge in [0.15, 0.2) is 5.82 Å². The van der Waals surface area contributed by atoms with Crippen molar-refractivity contribution < 1.29 is 4.79 Å². The lowest BCUT2D eigenvalue weighted by Crippen LogP contribution is -2.07. The molecule has 2 aromatic rings. The molecule has 1 N–H and O–H groups in total. The van der Waals surface area contributed by atoms with Gasteiger partial charge in [0, 0.05) is 12.6 Å². The van der Waals surface area contributed by atoms with Crippen molar-refractivity contribution in [1.82, 2.24) is 14.8 Å². The van der Waals surface area contributed by atoms with E-state index in [0.717, 1.165) is 17.2 Å². The molecule has 1 amide bonds. The highest BCUT2D eigenvalue weighted by Crippen LogP contribution is 2.12. The summed E-state index contributed by atoms with van der Waals surface area (Å²) < 4.78 is 1.77. The SMILES string of the molecule is CC(=O)Nc1ccc(-n2nc(C)cc2C)nc1. The zero-order valence-electron chi connectivity index (χ0n) is 10.1. The molecule has 2 heterocycles. The maximum atomic E-state index is 10.9. The van der Waals surface area contributed by atoms with Gasteiger partial charge in [-0.1, -0.05) is 0 Å². The summed E-state index contributed by atoms with van der Waals surface area (Å²) in [5.74, 6) is 0.635. The molecule has 0 unspecified atom stereocenters. The summed E-state index contributed by atoms with van der Waals surface area (Å²) in [6.45, 7) is 5.38. The average molecular weight is 230 g/mol. The van der Waals surface area contributed by atoms with Crippen LogP contribution >= 0.6 is 0 Å². The molecule has 2 aromatic heterocycles. The van der Waals surface area contributed by atoms with Gasteiger partial charge in [-0.3, -0.25) is 4.79 Å². The van der Waals surface area contributed by atoms with E-state index in [0.29, 0.717) is 5.69 Å². The van der Waals surface area contributed by atoms with Crippen molar-refractivity contribution >= 4 is 11.6 Å². The van der Waals surface area contributed by atoms with Gasteiger partial charge < -0.3 is 5.32 Å². The predicted molar refractivity (Wildman–Crippen MR) is 65.1 cm³/mol. The highest BCUT2D eigenvalue weighted by molar-refractivity contribution is 5.88. The maximum Gasteiger partial charge on any atom is 0.221 e. The molecule has 17 heavy (non-hydrogen) atoms. The molecule has 0 atom stereocenters. The largest absolute Gasteiger partial charge is 0.325 e. The Hall–Kier alpha value is -2.17. The topological polar surface area (TPSA) is 59.8 Å². The van der Waals surface area contributed by atoms with Crippen LogP contribution < -0.4 is 5.32 Å². The number of aromatic nitrogens is 3. The second-order valence-electron chi connectivity index (χ2n) is 3.93. The number of pyridine rings is 1. The maximum absolute atomic E-state index is 10.9. The minimum Gasteiger partial charge on any atom is -0.325 e. The van der Waals surface area contributed by atoms with Crippen LogP contribution in [0.3, 0.4) is 0 Å². The van der Waals surface area contributed by atoms with Crippen LogP contribution in [0.1, 0.15) is 18.3 Å². The van der Waals surface area contributed by atoms with Crippen molar-refractivity contribution in [2.45, 2.75) is 20.8 Å². The first-order valence-corrected chi connectivity index (χ1v) is 5.33. The second kappa shape index (κ2) is 4.37. The van der Waals surface area contributed by atoms with Crippen LogP contribution in [0, 0.1) is 13.8 Å². The van der Waals surface area contributed by atoms with Gasteiger partial charge in [-0.15, -0.1) is 0 Å². The lowest BCUT2D eigenvalue weighted by atomic mass is 10.4. The van der Waals surface area contributed by atoms with Gasteiger partial charge in [0.2, 0.25) is 5.91 Å². The Bertz CT molecular complexity index is 542. The fraction of sp³-hybridized carbons (Fsp3) is 0.250. The molecule has 2 rings (SSSR count). The molecule has 0 radical (unpaired) electrons. The Morgan fingerprint density at radius 1 is 1.35 bits per heavy atom. The van der Waals surface area contributed by atoms with E-state index in [4.69, 9.17) is 0 Å². The van der Waals surface area contributed by atoms with E-state index in [1.54, 1.807) is 16.9 Å². The third-order valence-corrected chi connectivity index (χ3v) is 2.29. The first-order valence-electron chi connectivity index (χ1n) is 5.33. The van der Waals surface area contributed by atoms with Gasteiger partial charge in [0.1, 0.15) is 0 Å². The quantitative estimate of drug-likeness (QED) is 0.856. The standard InChI is InChI=1S/C12H14N4O/c1-8-6-9(2)16(15-8)12-5-4-11(7-13-12)14-10(3)17/h4-7H,1-3H3,(H,14,17). The van der Waals surface area contributed by atoms with Crippen LogP contribution in [0.15, 0.2) is 24.4 Å². The van der Waals surface area contributed by atoms with Gasteiger partial charge in [-0.25, -0.2) is 9.67 Å². The Morgan fingerprint density at radius 3 is 2.59 bits per heavy atom. The first-order chi connectivity index (χ1) is 8.06.